The van der Waals surface area contributed by atoms with Crippen LogP contribution in [0.1, 0.15) is 17.4 Å². The molecule has 1 aromatic carbocycles. The molecule has 1 aliphatic heterocycles. The van der Waals surface area contributed by atoms with E-state index in [0.717, 1.165) is 13.1 Å². The smallest absolute Gasteiger partial charge is 0.275 e. The number of benzene rings is 1. The Morgan fingerprint density at radius 1 is 1.53 bits per heavy atom. The van der Waals surface area contributed by atoms with Gasteiger partial charge in [-0.2, -0.15) is 5.10 Å². The Morgan fingerprint density at radius 3 is 3.00 bits per heavy atom. The van der Waals surface area contributed by atoms with Gasteiger partial charge in [-0.25, -0.2) is 4.39 Å². The number of fused-ring (bicyclic) bond motifs is 1. The third-order valence-electron chi connectivity index (χ3n) is 3.08. The van der Waals surface area contributed by atoms with Crippen molar-refractivity contribution in [2.45, 2.75) is 6.92 Å². The van der Waals surface area contributed by atoms with Crippen LogP contribution in [0.4, 0.5) is 4.39 Å². The molecule has 1 fully saturated rings. The summed E-state index contributed by atoms with van der Waals surface area (Å²) in [5, 5.41) is 7.28. The van der Waals surface area contributed by atoms with Crippen LogP contribution in [0.5, 0.6) is 0 Å². The van der Waals surface area contributed by atoms with E-state index < -0.39 is 0 Å². The second-order valence-corrected chi connectivity index (χ2v) is 4.58. The number of halogens is 1. The van der Waals surface area contributed by atoms with E-state index in [4.69, 9.17) is 0 Å². The number of hydrogen-bond donors (Lipinski definition) is 1. The summed E-state index contributed by atoms with van der Waals surface area (Å²) in [5.41, 5.74) is 0.995. The van der Waals surface area contributed by atoms with Crippen LogP contribution < -0.4 is 0 Å². The lowest BCUT2D eigenvalue weighted by Crippen LogP contribution is -2.48. The lowest BCUT2D eigenvalue weighted by Gasteiger charge is -2.36. The Hall–Kier alpha value is -1.91. The Morgan fingerprint density at radius 2 is 2.29 bits per heavy atom. The largest absolute Gasteiger partial charge is 0.337 e. The third-order valence-corrected chi connectivity index (χ3v) is 3.08. The molecule has 0 atom stereocenters. The van der Waals surface area contributed by atoms with Gasteiger partial charge in [-0.3, -0.25) is 9.89 Å². The second kappa shape index (κ2) is 3.55. The first kappa shape index (κ1) is 10.3. The summed E-state index contributed by atoms with van der Waals surface area (Å²) in [4.78, 5) is 13.8. The molecule has 0 radical (unpaired) electrons. The molecule has 0 unspecified atom stereocenters. The van der Waals surface area contributed by atoms with Crippen molar-refractivity contribution in [3.63, 3.8) is 0 Å². The van der Waals surface area contributed by atoms with Crippen molar-refractivity contribution in [2.75, 3.05) is 13.1 Å². The molecule has 5 heteroatoms. The van der Waals surface area contributed by atoms with Crippen LogP contribution in [-0.4, -0.2) is 34.1 Å². The number of aromatic nitrogens is 2. The van der Waals surface area contributed by atoms with Crippen molar-refractivity contribution in [1.82, 2.24) is 15.1 Å². The van der Waals surface area contributed by atoms with Gasteiger partial charge in [0.25, 0.3) is 5.91 Å². The molecular weight excluding hydrogens is 221 g/mol. The van der Waals surface area contributed by atoms with Crippen molar-refractivity contribution < 1.29 is 9.18 Å². The Kier molecular flexibility index (Phi) is 2.14. The van der Waals surface area contributed by atoms with E-state index in [9.17, 15) is 9.18 Å². The number of nitrogens with zero attached hydrogens (tertiary/aromatic N) is 2. The first-order valence-corrected chi connectivity index (χ1v) is 5.58. The minimum absolute atomic E-state index is 0.125. The summed E-state index contributed by atoms with van der Waals surface area (Å²) in [6.45, 7) is 3.59. The highest BCUT2D eigenvalue weighted by Gasteiger charge is 2.30. The van der Waals surface area contributed by atoms with Gasteiger partial charge < -0.3 is 4.90 Å². The Balaban J connectivity index is 2.00. The molecule has 0 aliphatic carbocycles. The number of H-pyrrole nitrogens is 1. The van der Waals surface area contributed by atoms with Gasteiger partial charge >= 0.3 is 0 Å². The molecule has 17 heavy (non-hydrogen) atoms. The van der Waals surface area contributed by atoms with Crippen molar-refractivity contribution in [1.29, 1.82) is 0 Å². The number of likely N-dealkylation sites (tertiary alicyclic amines) is 1. The molecule has 2 heterocycles. The zero-order valence-electron chi connectivity index (χ0n) is 9.40. The molecule has 3 rings (SSSR count). The molecule has 0 bridgehead atoms. The van der Waals surface area contributed by atoms with Crippen LogP contribution in [0.2, 0.25) is 0 Å². The van der Waals surface area contributed by atoms with Crippen LogP contribution in [0.25, 0.3) is 10.9 Å². The molecule has 1 amide bonds. The average Bonchev–Trinajstić information content (AvgIpc) is 2.66. The molecule has 0 saturated carbocycles. The average molecular weight is 233 g/mol. The monoisotopic (exact) mass is 233 g/mol. The molecular formula is C12H12FN3O. The van der Waals surface area contributed by atoms with E-state index in [1.807, 2.05) is 0 Å². The SMILES string of the molecule is CC1CN(C(=O)c2n[nH]c3ccc(F)cc23)C1. The fraction of sp³-hybridized carbons (Fsp3) is 0.333. The molecule has 1 aliphatic rings. The highest BCUT2D eigenvalue weighted by Crippen LogP contribution is 2.22. The van der Waals surface area contributed by atoms with E-state index in [1.165, 1.54) is 12.1 Å². The number of rotatable bonds is 1. The van der Waals surface area contributed by atoms with Gasteiger partial charge in [0.15, 0.2) is 5.69 Å². The van der Waals surface area contributed by atoms with Gasteiger partial charge in [0.05, 0.1) is 5.52 Å². The molecule has 1 saturated heterocycles. The topological polar surface area (TPSA) is 49.0 Å². The summed E-state index contributed by atoms with van der Waals surface area (Å²) >= 11 is 0. The molecule has 2 aromatic rings. The number of nitrogens with one attached hydrogen (secondary N) is 1. The summed E-state index contributed by atoms with van der Waals surface area (Å²) in [6, 6.07) is 4.28. The summed E-state index contributed by atoms with van der Waals surface area (Å²) in [7, 11) is 0. The van der Waals surface area contributed by atoms with Gasteiger partial charge in [0.1, 0.15) is 5.82 Å². The summed E-state index contributed by atoms with van der Waals surface area (Å²) in [5.74, 6) is 0.0609. The first-order chi connectivity index (χ1) is 8.15. The fourth-order valence-electron chi connectivity index (χ4n) is 2.16. The van der Waals surface area contributed by atoms with E-state index in [0.29, 0.717) is 22.5 Å². The maximum Gasteiger partial charge on any atom is 0.275 e. The Labute approximate surface area is 97.4 Å². The standard InChI is InChI=1S/C12H12FN3O/c1-7-5-16(6-7)12(17)11-9-4-8(13)2-3-10(9)14-15-11/h2-4,7H,5-6H2,1H3,(H,14,15). The predicted octanol–water partition coefficient (Wildman–Crippen LogP) is 1.79. The summed E-state index contributed by atoms with van der Waals surface area (Å²) < 4.78 is 13.2. The van der Waals surface area contributed by atoms with Gasteiger partial charge in [-0.05, 0) is 24.1 Å². The number of carbonyl (C=O) groups is 1. The molecule has 4 nitrogen and oxygen atoms in total. The summed E-state index contributed by atoms with van der Waals surface area (Å²) in [6.07, 6.45) is 0. The second-order valence-electron chi connectivity index (χ2n) is 4.58. The van der Waals surface area contributed by atoms with Crippen LogP contribution in [0.15, 0.2) is 18.2 Å². The van der Waals surface area contributed by atoms with E-state index >= 15 is 0 Å². The number of amides is 1. The quantitative estimate of drug-likeness (QED) is 0.816. The molecule has 0 spiro atoms. The number of aromatic amines is 1. The first-order valence-electron chi connectivity index (χ1n) is 5.58. The lowest BCUT2D eigenvalue weighted by atomic mass is 10.0. The van der Waals surface area contributed by atoms with Crippen molar-refractivity contribution in [2.24, 2.45) is 5.92 Å². The zero-order chi connectivity index (χ0) is 12.0. The molecule has 1 N–H and O–H groups in total. The minimum atomic E-state index is -0.357. The van der Waals surface area contributed by atoms with Gasteiger partial charge in [0.2, 0.25) is 0 Å². The number of carbonyl (C=O) groups excluding carboxylic acids is 1. The van der Waals surface area contributed by atoms with E-state index in [2.05, 4.69) is 17.1 Å². The molecule has 88 valence electrons. The van der Waals surface area contributed by atoms with Gasteiger partial charge in [-0.15, -0.1) is 0 Å². The Bertz CT molecular complexity index is 586. The lowest BCUT2D eigenvalue weighted by molar-refractivity contribution is 0.0526. The highest BCUT2D eigenvalue weighted by molar-refractivity contribution is 6.04. The van der Waals surface area contributed by atoms with Crippen LogP contribution >= 0.6 is 0 Å². The van der Waals surface area contributed by atoms with Crippen molar-refractivity contribution in [3.05, 3.63) is 29.7 Å². The zero-order valence-corrected chi connectivity index (χ0v) is 9.40. The third kappa shape index (κ3) is 1.58. The van der Waals surface area contributed by atoms with Gasteiger partial charge in [0, 0.05) is 18.5 Å². The van der Waals surface area contributed by atoms with Crippen LogP contribution in [0.3, 0.4) is 0 Å². The van der Waals surface area contributed by atoms with Crippen LogP contribution in [0, 0.1) is 11.7 Å². The minimum Gasteiger partial charge on any atom is -0.337 e. The van der Waals surface area contributed by atoms with Crippen molar-refractivity contribution >= 4 is 16.8 Å². The number of hydrogen-bond acceptors (Lipinski definition) is 2. The normalized spacial score (nSPS) is 16.2. The van der Waals surface area contributed by atoms with Crippen LogP contribution in [-0.2, 0) is 0 Å². The molecule has 1 aromatic heterocycles. The van der Waals surface area contributed by atoms with E-state index in [-0.39, 0.29) is 11.7 Å². The maximum absolute atomic E-state index is 13.2. The van der Waals surface area contributed by atoms with E-state index in [1.54, 1.807) is 11.0 Å². The highest BCUT2D eigenvalue weighted by atomic mass is 19.1. The van der Waals surface area contributed by atoms with Gasteiger partial charge in [-0.1, -0.05) is 6.92 Å². The fourth-order valence-corrected chi connectivity index (χ4v) is 2.16. The maximum atomic E-state index is 13.2. The van der Waals surface area contributed by atoms with Crippen molar-refractivity contribution in [3.8, 4) is 0 Å². The predicted molar refractivity (Wildman–Crippen MR) is 61.1 cm³/mol.